The summed E-state index contributed by atoms with van der Waals surface area (Å²) in [7, 11) is -2.83. The largest absolute Gasteiger partial charge is 0.351 e. The van der Waals surface area contributed by atoms with Crippen LogP contribution in [0.4, 0.5) is 0 Å². The summed E-state index contributed by atoms with van der Waals surface area (Å²) < 4.78 is 22.6. The van der Waals surface area contributed by atoms with Gasteiger partial charge in [0.1, 0.15) is 5.69 Å². The van der Waals surface area contributed by atoms with Crippen LogP contribution in [-0.2, 0) is 9.84 Å². The number of hydrogen-bond donors (Lipinski definition) is 2. The number of H-pyrrole nitrogens is 1. The van der Waals surface area contributed by atoms with E-state index >= 15 is 0 Å². The lowest BCUT2D eigenvalue weighted by molar-refractivity contribution is 0.0946. The third-order valence-electron chi connectivity index (χ3n) is 3.31. The number of aromatic nitrogens is 2. The van der Waals surface area contributed by atoms with Crippen LogP contribution in [0.5, 0.6) is 0 Å². The first-order valence-electron chi connectivity index (χ1n) is 6.51. The van der Waals surface area contributed by atoms with E-state index in [2.05, 4.69) is 15.5 Å². The van der Waals surface area contributed by atoms with E-state index in [4.69, 9.17) is 0 Å². The van der Waals surface area contributed by atoms with Crippen molar-refractivity contribution in [3.05, 3.63) is 28.2 Å². The van der Waals surface area contributed by atoms with Gasteiger partial charge in [0.25, 0.3) is 11.5 Å². The Hall–Kier alpha value is -1.70. The Kier molecular flexibility index (Phi) is 4.53. The molecule has 1 aromatic heterocycles. The highest BCUT2D eigenvalue weighted by atomic mass is 32.2. The van der Waals surface area contributed by atoms with Gasteiger partial charge in [-0.2, -0.15) is 5.10 Å². The first-order chi connectivity index (χ1) is 9.46. The highest BCUT2D eigenvalue weighted by molar-refractivity contribution is 7.91. The van der Waals surface area contributed by atoms with Crippen molar-refractivity contribution in [2.75, 3.05) is 18.1 Å². The molecule has 8 heteroatoms. The molecule has 1 aromatic rings. The lowest BCUT2D eigenvalue weighted by atomic mass is 10.0. The second kappa shape index (κ2) is 6.17. The number of rotatable bonds is 5. The molecule has 0 spiro atoms. The predicted molar refractivity (Wildman–Crippen MR) is 73.2 cm³/mol. The third kappa shape index (κ3) is 4.16. The molecule has 7 nitrogen and oxygen atoms in total. The van der Waals surface area contributed by atoms with E-state index in [0.29, 0.717) is 6.54 Å². The summed E-state index contributed by atoms with van der Waals surface area (Å²) in [5, 5.41) is 8.51. The van der Waals surface area contributed by atoms with Gasteiger partial charge in [-0.25, -0.2) is 13.5 Å². The fourth-order valence-electron chi connectivity index (χ4n) is 2.25. The van der Waals surface area contributed by atoms with E-state index in [1.54, 1.807) is 0 Å². The number of hydrogen-bond acceptors (Lipinski definition) is 5. The summed E-state index contributed by atoms with van der Waals surface area (Å²) in [6, 6.07) is 2.60. The number of aromatic amines is 1. The number of nitrogens with one attached hydrogen (secondary N) is 2. The molecule has 110 valence electrons. The smallest absolute Gasteiger partial charge is 0.271 e. The minimum Gasteiger partial charge on any atom is -0.351 e. The molecule has 2 rings (SSSR count). The summed E-state index contributed by atoms with van der Waals surface area (Å²) in [5.74, 6) is 0.414. The van der Waals surface area contributed by atoms with Crippen LogP contribution >= 0.6 is 0 Å². The fourth-order valence-corrected chi connectivity index (χ4v) is 4.16. The molecule has 0 bridgehead atoms. The van der Waals surface area contributed by atoms with Gasteiger partial charge < -0.3 is 5.32 Å². The van der Waals surface area contributed by atoms with E-state index in [-0.39, 0.29) is 34.6 Å². The SMILES string of the molecule is O=C(NCCCC1CCS(=O)(=O)C1)c1ccc(=O)[nH]n1. The van der Waals surface area contributed by atoms with Crippen LogP contribution in [0, 0.1) is 5.92 Å². The number of sulfone groups is 1. The molecule has 1 unspecified atom stereocenters. The zero-order valence-corrected chi connectivity index (χ0v) is 11.8. The number of amides is 1. The van der Waals surface area contributed by atoms with Gasteiger partial charge in [-0.3, -0.25) is 9.59 Å². The molecule has 0 radical (unpaired) electrons. The van der Waals surface area contributed by atoms with Crippen molar-refractivity contribution in [3.8, 4) is 0 Å². The second-order valence-electron chi connectivity index (χ2n) is 4.97. The minimum atomic E-state index is -2.83. The predicted octanol–water partition coefficient (Wildman–Crippen LogP) is -0.285. The lowest BCUT2D eigenvalue weighted by Crippen LogP contribution is -2.27. The van der Waals surface area contributed by atoms with Crippen molar-refractivity contribution in [2.24, 2.45) is 5.92 Å². The molecule has 20 heavy (non-hydrogen) atoms. The van der Waals surface area contributed by atoms with E-state index in [0.717, 1.165) is 19.3 Å². The molecule has 1 atom stereocenters. The Morgan fingerprint density at radius 2 is 2.25 bits per heavy atom. The summed E-state index contributed by atoms with van der Waals surface area (Å²) >= 11 is 0. The normalized spacial score (nSPS) is 20.7. The van der Waals surface area contributed by atoms with Crippen LogP contribution in [0.2, 0.25) is 0 Å². The van der Waals surface area contributed by atoms with Gasteiger partial charge in [0.05, 0.1) is 11.5 Å². The van der Waals surface area contributed by atoms with Crippen LogP contribution in [0.15, 0.2) is 16.9 Å². The summed E-state index contributed by atoms with van der Waals surface area (Å²) in [6.45, 7) is 0.468. The zero-order chi connectivity index (χ0) is 14.6. The maximum absolute atomic E-state index is 11.7. The van der Waals surface area contributed by atoms with Crippen LogP contribution in [0.1, 0.15) is 29.8 Å². The third-order valence-corrected chi connectivity index (χ3v) is 5.15. The first kappa shape index (κ1) is 14.7. The molecule has 0 saturated carbocycles. The van der Waals surface area contributed by atoms with Crippen molar-refractivity contribution in [3.63, 3.8) is 0 Å². The molecule has 1 aliphatic heterocycles. The Morgan fingerprint density at radius 3 is 2.85 bits per heavy atom. The molecule has 1 amide bonds. The Bertz CT molecular complexity index is 618. The second-order valence-corrected chi connectivity index (χ2v) is 7.20. The van der Waals surface area contributed by atoms with Crippen LogP contribution in [0.25, 0.3) is 0 Å². The monoisotopic (exact) mass is 299 g/mol. The van der Waals surface area contributed by atoms with Gasteiger partial charge in [-0.05, 0) is 31.2 Å². The molecule has 1 fully saturated rings. The standard InChI is InChI=1S/C12H17N3O4S/c16-11-4-3-10(14-15-11)12(17)13-6-1-2-9-5-7-20(18,19)8-9/h3-4,9H,1-2,5-8H2,(H,13,17)(H,15,16). The van der Waals surface area contributed by atoms with Gasteiger partial charge in [0.2, 0.25) is 0 Å². The lowest BCUT2D eigenvalue weighted by Gasteiger charge is -2.08. The Balaban J connectivity index is 1.70. The zero-order valence-electron chi connectivity index (χ0n) is 11.0. The average molecular weight is 299 g/mol. The molecule has 1 aliphatic rings. The number of carbonyl (C=O) groups is 1. The van der Waals surface area contributed by atoms with E-state index in [1.165, 1.54) is 12.1 Å². The molecule has 0 aromatic carbocycles. The summed E-state index contributed by atoms with van der Waals surface area (Å²) in [5.41, 5.74) is -0.197. The molecule has 0 aliphatic carbocycles. The summed E-state index contributed by atoms with van der Waals surface area (Å²) in [4.78, 5) is 22.5. The van der Waals surface area contributed by atoms with E-state index in [9.17, 15) is 18.0 Å². The van der Waals surface area contributed by atoms with E-state index < -0.39 is 9.84 Å². The topological polar surface area (TPSA) is 109 Å². The van der Waals surface area contributed by atoms with Crippen LogP contribution in [0.3, 0.4) is 0 Å². The van der Waals surface area contributed by atoms with Crippen molar-refractivity contribution in [2.45, 2.75) is 19.3 Å². The first-order valence-corrected chi connectivity index (χ1v) is 8.33. The van der Waals surface area contributed by atoms with Crippen molar-refractivity contribution in [1.82, 2.24) is 15.5 Å². The fraction of sp³-hybridized carbons (Fsp3) is 0.583. The van der Waals surface area contributed by atoms with Crippen molar-refractivity contribution in [1.29, 1.82) is 0 Å². The number of carbonyl (C=O) groups excluding carboxylic acids is 1. The number of nitrogens with zero attached hydrogens (tertiary/aromatic N) is 1. The molecular formula is C12H17N3O4S. The Labute approximate surface area is 116 Å². The molecule has 1 saturated heterocycles. The van der Waals surface area contributed by atoms with Crippen LogP contribution < -0.4 is 10.9 Å². The molecular weight excluding hydrogens is 282 g/mol. The highest BCUT2D eigenvalue weighted by Gasteiger charge is 2.27. The van der Waals surface area contributed by atoms with E-state index in [1.807, 2.05) is 0 Å². The van der Waals surface area contributed by atoms with Gasteiger partial charge in [-0.15, -0.1) is 0 Å². The van der Waals surface area contributed by atoms with Gasteiger partial charge in [0.15, 0.2) is 9.84 Å². The maximum Gasteiger partial charge on any atom is 0.271 e. The summed E-state index contributed by atoms with van der Waals surface area (Å²) in [6.07, 6.45) is 2.24. The van der Waals surface area contributed by atoms with Crippen LogP contribution in [-0.4, -0.2) is 42.6 Å². The quantitative estimate of drug-likeness (QED) is 0.726. The van der Waals surface area contributed by atoms with Crippen molar-refractivity contribution < 1.29 is 13.2 Å². The van der Waals surface area contributed by atoms with Gasteiger partial charge in [-0.1, -0.05) is 0 Å². The highest BCUT2D eigenvalue weighted by Crippen LogP contribution is 2.22. The average Bonchev–Trinajstić information content (AvgIpc) is 2.75. The molecule has 2 N–H and O–H groups in total. The Morgan fingerprint density at radius 1 is 1.45 bits per heavy atom. The maximum atomic E-state index is 11.7. The molecule has 2 heterocycles. The van der Waals surface area contributed by atoms with Gasteiger partial charge >= 0.3 is 0 Å². The van der Waals surface area contributed by atoms with Gasteiger partial charge in [0, 0.05) is 12.6 Å². The van der Waals surface area contributed by atoms with Crippen molar-refractivity contribution >= 4 is 15.7 Å². The minimum absolute atomic E-state index is 0.160.